The molecule has 0 aromatic heterocycles. The third-order valence-corrected chi connectivity index (χ3v) is 4.63. The first-order chi connectivity index (χ1) is 11.0. The molecule has 0 unspecified atom stereocenters. The topological polar surface area (TPSA) is 61.8 Å². The molecule has 0 fully saturated rings. The summed E-state index contributed by atoms with van der Waals surface area (Å²) in [6.07, 6.45) is 0.707. The molecule has 0 bridgehead atoms. The second-order valence-electron chi connectivity index (χ2n) is 4.77. The van der Waals surface area contributed by atoms with Crippen molar-refractivity contribution in [3.63, 3.8) is 0 Å². The van der Waals surface area contributed by atoms with E-state index in [1.165, 1.54) is 18.2 Å². The summed E-state index contributed by atoms with van der Waals surface area (Å²) in [6.45, 7) is 0.932. The fraction of sp³-hybridized carbons (Fsp3) is 0.200. The molecule has 0 saturated carbocycles. The molecule has 0 spiro atoms. The molecule has 0 atom stereocenters. The van der Waals surface area contributed by atoms with Gasteiger partial charge >= 0.3 is 10.1 Å². The highest BCUT2D eigenvalue weighted by molar-refractivity contribution is 7.87. The largest absolute Gasteiger partial charge is 0.490 e. The molecule has 3 rings (SSSR count). The average molecular weight is 359 g/mol. The van der Waals surface area contributed by atoms with Crippen LogP contribution < -0.4 is 13.7 Å². The summed E-state index contributed by atoms with van der Waals surface area (Å²) in [6, 6.07) is 7.36. The number of hydrogen-bond donors (Lipinski definition) is 0. The molecule has 0 amide bonds. The van der Waals surface area contributed by atoms with Crippen LogP contribution in [0.15, 0.2) is 41.3 Å². The van der Waals surface area contributed by atoms with Crippen LogP contribution in [0.4, 0.5) is 4.39 Å². The Morgan fingerprint density at radius 1 is 1.04 bits per heavy atom. The molecule has 8 heteroatoms. The van der Waals surface area contributed by atoms with E-state index < -0.39 is 15.9 Å². The third-order valence-electron chi connectivity index (χ3n) is 3.10. The zero-order chi connectivity index (χ0) is 16.4. The lowest BCUT2D eigenvalue weighted by Gasteiger charge is -2.11. The van der Waals surface area contributed by atoms with E-state index in [4.69, 9.17) is 25.3 Å². The minimum absolute atomic E-state index is 0.109. The molecule has 122 valence electrons. The predicted molar refractivity (Wildman–Crippen MR) is 81.3 cm³/mol. The number of rotatable bonds is 3. The summed E-state index contributed by atoms with van der Waals surface area (Å²) in [5.41, 5.74) is 0. The van der Waals surface area contributed by atoms with Gasteiger partial charge in [-0.25, -0.2) is 4.39 Å². The van der Waals surface area contributed by atoms with E-state index in [1.54, 1.807) is 0 Å². The Morgan fingerprint density at radius 2 is 1.78 bits per heavy atom. The van der Waals surface area contributed by atoms with Gasteiger partial charge in [-0.15, -0.1) is 0 Å². The van der Waals surface area contributed by atoms with Gasteiger partial charge in [0.2, 0.25) is 0 Å². The minimum Gasteiger partial charge on any atom is -0.490 e. The maximum absolute atomic E-state index is 13.0. The Kier molecular flexibility index (Phi) is 4.32. The maximum atomic E-state index is 13.0. The van der Waals surface area contributed by atoms with Crippen molar-refractivity contribution in [2.24, 2.45) is 0 Å². The van der Waals surface area contributed by atoms with E-state index in [0.717, 1.165) is 18.2 Å². The molecular formula is C15H12ClFO5S. The normalized spacial score (nSPS) is 14.2. The number of ether oxygens (including phenoxy) is 2. The highest BCUT2D eigenvalue weighted by Crippen LogP contribution is 2.34. The lowest BCUT2D eigenvalue weighted by Crippen LogP contribution is -2.10. The molecular weight excluding hydrogens is 347 g/mol. The van der Waals surface area contributed by atoms with Gasteiger partial charge in [-0.1, -0.05) is 11.6 Å². The van der Waals surface area contributed by atoms with Gasteiger partial charge in [-0.05, 0) is 30.3 Å². The summed E-state index contributed by atoms with van der Waals surface area (Å²) in [5.74, 6) is 0.0640. The standard InChI is InChI=1S/C15H12ClFO5S/c16-12-8-10(17)2-4-13(12)22-23(18,19)11-3-5-14-15(9-11)21-7-1-6-20-14/h2-5,8-9H,1,6-7H2. The minimum atomic E-state index is -4.14. The van der Waals surface area contributed by atoms with Crippen LogP contribution in [0.3, 0.4) is 0 Å². The second kappa shape index (κ2) is 6.25. The molecule has 2 aromatic carbocycles. The smallest absolute Gasteiger partial charge is 0.339 e. The Bertz CT molecular complexity index is 838. The van der Waals surface area contributed by atoms with Crippen molar-refractivity contribution < 1.29 is 26.5 Å². The fourth-order valence-corrected chi connectivity index (χ4v) is 3.22. The fourth-order valence-electron chi connectivity index (χ4n) is 2.01. The van der Waals surface area contributed by atoms with E-state index in [-0.39, 0.29) is 15.7 Å². The van der Waals surface area contributed by atoms with Crippen LogP contribution >= 0.6 is 11.6 Å². The summed E-state index contributed by atoms with van der Waals surface area (Å²) < 4.78 is 53.6. The average Bonchev–Trinajstić information content (AvgIpc) is 2.74. The van der Waals surface area contributed by atoms with Crippen molar-refractivity contribution in [1.82, 2.24) is 0 Å². The molecule has 2 aromatic rings. The Balaban J connectivity index is 1.92. The molecule has 5 nitrogen and oxygen atoms in total. The van der Waals surface area contributed by atoms with Crippen LogP contribution in [0.5, 0.6) is 17.2 Å². The molecule has 1 aliphatic heterocycles. The molecule has 0 N–H and O–H groups in total. The van der Waals surface area contributed by atoms with Crippen molar-refractivity contribution in [2.75, 3.05) is 13.2 Å². The molecule has 0 radical (unpaired) electrons. The van der Waals surface area contributed by atoms with Crippen LogP contribution in [0.2, 0.25) is 5.02 Å². The van der Waals surface area contributed by atoms with Gasteiger partial charge in [0.1, 0.15) is 10.7 Å². The van der Waals surface area contributed by atoms with Gasteiger partial charge in [0, 0.05) is 12.5 Å². The van der Waals surface area contributed by atoms with Crippen molar-refractivity contribution in [3.05, 3.63) is 47.2 Å². The van der Waals surface area contributed by atoms with Gasteiger partial charge < -0.3 is 13.7 Å². The first kappa shape index (κ1) is 15.9. The van der Waals surface area contributed by atoms with Gasteiger partial charge in [0.15, 0.2) is 17.2 Å². The Morgan fingerprint density at radius 3 is 2.52 bits per heavy atom. The molecule has 1 aliphatic rings. The second-order valence-corrected chi connectivity index (χ2v) is 6.72. The van der Waals surface area contributed by atoms with E-state index in [9.17, 15) is 12.8 Å². The van der Waals surface area contributed by atoms with E-state index in [1.807, 2.05) is 0 Å². The molecule has 0 saturated heterocycles. The first-order valence-electron chi connectivity index (χ1n) is 6.75. The predicted octanol–water partition coefficient (Wildman–Crippen LogP) is 3.41. The summed E-state index contributed by atoms with van der Waals surface area (Å²) in [4.78, 5) is -0.109. The van der Waals surface area contributed by atoms with Crippen molar-refractivity contribution in [1.29, 1.82) is 0 Å². The first-order valence-corrected chi connectivity index (χ1v) is 8.53. The SMILES string of the molecule is O=S(=O)(Oc1ccc(F)cc1Cl)c1ccc2c(c1)OCCCO2. The Hall–Kier alpha value is -1.99. The van der Waals surface area contributed by atoms with Gasteiger partial charge in [0.25, 0.3) is 0 Å². The zero-order valence-electron chi connectivity index (χ0n) is 11.8. The number of hydrogen-bond acceptors (Lipinski definition) is 5. The summed E-state index contributed by atoms with van der Waals surface area (Å²) in [5, 5.41) is -0.136. The van der Waals surface area contributed by atoms with Crippen LogP contribution in [0, 0.1) is 5.82 Å². The highest BCUT2D eigenvalue weighted by Gasteiger charge is 2.22. The van der Waals surface area contributed by atoms with Gasteiger partial charge in [0.05, 0.1) is 18.2 Å². The van der Waals surface area contributed by atoms with Crippen LogP contribution in [-0.2, 0) is 10.1 Å². The third kappa shape index (κ3) is 3.51. The quantitative estimate of drug-likeness (QED) is 0.787. The molecule has 0 aliphatic carbocycles. The van der Waals surface area contributed by atoms with E-state index in [0.29, 0.717) is 31.1 Å². The maximum Gasteiger partial charge on any atom is 0.339 e. The molecule has 23 heavy (non-hydrogen) atoms. The number of halogens is 2. The highest BCUT2D eigenvalue weighted by atomic mass is 35.5. The lowest BCUT2D eigenvalue weighted by atomic mass is 10.3. The molecule has 1 heterocycles. The van der Waals surface area contributed by atoms with Crippen molar-refractivity contribution in [2.45, 2.75) is 11.3 Å². The zero-order valence-corrected chi connectivity index (χ0v) is 13.4. The van der Waals surface area contributed by atoms with Crippen LogP contribution in [0.1, 0.15) is 6.42 Å². The van der Waals surface area contributed by atoms with E-state index in [2.05, 4.69) is 0 Å². The lowest BCUT2D eigenvalue weighted by molar-refractivity contribution is 0.296. The Labute approximate surface area is 137 Å². The number of benzene rings is 2. The monoisotopic (exact) mass is 358 g/mol. The van der Waals surface area contributed by atoms with Gasteiger partial charge in [-0.3, -0.25) is 0 Å². The summed E-state index contributed by atoms with van der Waals surface area (Å²) in [7, 11) is -4.14. The number of fused-ring (bicyclic) bond motifs is 1. The van der Waals surface area contributed by atoms with Gasteiger partial charge in [-0.2, -0.15) is 8.42 Å². The van der Waals surface area contributed by atoms with Crippen LogP contribution in [-0.4, -0.2) is 21.6 Å². The van der Waals surface area contributed by atoms with E-state index >= 15 is 0 Å². The summed E-state index contributed by atoms with van der Waals surface area (Å²) >= 11 is 5.79. The van der Waals surface area contributed by atoms with Crippen molar-refractivity contribution in [3.8, 4) is 17.2 Å². The van der Waals surface area contributed by atoms with Crippen LogP contribution in [0.25, 0.3) is 0 Å². The van der Waals surface area contributed by atoms with Crippen molar-refractivity contribution >= 4 is 21.7 Å².